The molecule has 3 atom stereocenters. The van der Waals surface area contributed by atoms with Crippen LogP contribution in [0.15, 0.2) is 11.1 Å². The molecule has 3 aliphatic rings. The third-order valence-electron chi connectivity index (χ3n) is 5.36. The normalized spacial score (nSPS) is 33.4. The van der Waals surface area contributed by atoms with E-state index in [1.165, 1.54) is 64.2 Å². The second kappa shape index (κ2) is 8.54. The van der Waals surface area contributed by atoms with E-state index < -0.39 is 0 Å². The first-order chi connectivity index (χ1) is 9.38. The van der Waals surface area contributed by atoms with Gasteiger partial charge in [0.05, 0.1) is 0 Å². The van der Waals surface area contributed by atoms with Gasteiger partial charge in [-0.25, -0.2) is 0 Å². The Bertz CT molecular complexity index is 310. The van der Waals surface area contributed by atoms with Crippen LogP contribution in [0.3, 0.4) is 0 Å². The molecule has 0 aromatic rings. The van der Waals surface area contributed by atoms with Gasteiger partial charge in [-0.1, -0.05) is 49.7 Å². The summed E-state index contributed by atoms with van der Waals surface area (Å²) in [5.74, 6) is 2.96. The van der Waals surface area contributed by atoms with E-state index in [4.69, 9.17) is 0 Å². The quantitative estimate of drug-likeness (QED) is 0.202. The SMILES string of the molecule is CCCCC1=C(C2[CH-]C3CCC2C3)CCCC1.[Pd+][I]. The molecular weight excluding hydrogens is 438 g/mol. The van der Waals surface area contributed by atoms with Crippen LogP contribution in [-0.4, -0.2) is 0 Å². The summed E-state index contributed by atoms with van der Waals surface area (Å²) in [4.78, 5) is 0. The molecule has 0 N–H and O–H groups in total. The third kappa shape index (κ3) is 4.07. The summed E-state index contributed by atoms with van der Waals surface area (Å²) >= 11 is 4.72. The van der Waals surface area contributed by atoms with E-state index >= 15 is 0 Å². The van der Waals surface area contributed by atoms with Gasteiger partial charge < -0.3 is 6.42 Å². The molecule has 2 heteroatoms. The van der Waals surface area contributed by atoms with Crippen LogP contribution in [0, 0.1) is 24.2 Å². The van der Waals surface area contributed by atoms with Crippen LogP contribution >= 0.6 is 19.5 Å². The van der Waals surface area contributed by atoms with Gasteiger partial charge in [0.2, 0.25) is 0 Å². The molecule has 0 radical (unpaired) electrons. The van der Waals surface area contributed by atoms with E-state index in [1.807, 2.05) is 30.7 Å². The van der Waals surface area contributed by atoms with Gasteiger partial charge in [-0.05, 0) is 38.5 Å². The molecule has 0 aromatic carbocycles. The number of unbranched alkanes of at least 4 members (excludes halogenated alkanes) is 1. The van der Waals surface area contributed by atoms with Crippen molar-refractivity contribution in [2.75, 3.05) is 0 Å². The zero-order valence-electron chi connectivity index (χ0n) is 12.1. The van der Waals surface area contributed by atoms with Crippen LogP contribution in [0.25, 0.3) is 0 Å². The van der Waals surface area contributed by atoms with Gasteiger partial charge >= 0.3 is 35.1 Å². The zero-order chi connectivity index (χ0) is 13.7. The number of fused-ring (bicyclic) bond motifs is 2. The van der Waals surface area contributed by atoms with Crippen LogP contribution in [0.1, 0.15) is 71.1 Å². The number of rotatable bonds is 4. The number of halogens is 1. The molecular formula is C17H27IPd. The molecule has 3 rings (SSSR count). The van der Waals surface area contributed by atoms with Crippen molar-refractivity contribution >= 4 is 19.5 Å². The van der Waals surface area contributed by atoms with E-state index in [9.17, 15) is 0 Å². The number of allylic oxidation sites excluding steroid dienone is 2. The molecule has 19 heavy (non-hydrogen) atoms. The first-order valence-electron chi connectivity index (χ1n) is 8.06. The maximum atomic E-state index is 2.74. The van der Waals surface area contributed by atoms with Crippen molar-refractivity contribution in [3.05, 3.63) is 17.6 Å². The number of hydrogen-bond donors (Lipinski definition) is 0. The molecule has 0 aromatic heterocycles. The Hall–Kier alpha value is 1.13. The average molecular weight is 465 g/mol. The van der Waals surface area contributed by atoms with Crippen molar-refractivity contribution in [2.45, 2.75) is 71.1 Å². The van der Waals surface area contributed by atoms with Crippen molar-refractivity contribution in [1.82, 2.24) is 0 Å². The predicted octanol–water partition coefficient (Wildman–Crippen LogP) is 6.18. The first kappa shape index (κ1) is 16.5. The Morgan fingerprint density at radius 2 is 2.00 bits per heavy atom. The minimum absolute atomic E-state index is 0.918. The van der Waals surface area contributed by atoms with E-state index in [0.717, 1.165) is 17.8 Å². The van der Waals surface area contributed by atoms with Crippen molar-refractivity contribution < 1.29 is 15.6 Å². The van der Waals surface area contributed by atoms with E-state index in [1.54, 1.807) is 0 Å². The maximum absolute atomic E-state index is 2.74. The topological polar surface area (TPSA) is 0 Å². The standard InChI is InChI=1S/C17H27.HI.Pd/c1-2-3-6-14-7-4-5-8-16(14)17-12-13-9-10-15(17)11-13;;/h12-13,15,17H,2-11H2,1H3;1H;/q-1;;+2/p-1. The van der Waals surface area contributed by atoms with Crippen molar-refractivity contribution in [3.8, 4) is 0 Å². The van der Waals surface area contributed by atoms with Crippen molar-refractivity contribution in [1.29, 1.82) is 0 Å². The summed E-state index contributed by atoms with van der Waals surface area (Å²) in [5, 5.41) is 0. The van der Waals surface area contributed by atoms with Gasteiger partial charge in [-0.2, -0.15) is 5.92 Å². The molecule has 0 heterocycles. The summed E-state index contributed by atoms with van der Waals surface area (Å²) in [6.45, 7) is 2.33. The molecule has 2 bridgehead atoms. The van der Waals surface area contributed by atoms with Crippen molar-refractivity contribution in [3.63, 3.8) is 0 Å². The average Bonchev–Trinajstić information content (AvgIpc) is 3.10. The summed E-state index contributed by atoms with van der Waals surface area (Å²) in [5.41, 5.74) is 3.80. The van der Waals surface area contributed by atoms with Gasteiger partial charge in [0.1, 0.15) is 0 Å². The monoisotopic (exact) mass is 464 g/mol. The second-order valence-corrected chi connectivity index (χ2v) is 6.49. The van der Waals surface area contributed by atoms with E-state index in [-0.39, 0.29) is 0 Å². The van der Waals surface area contributed by atoms with Crippen LogP contribution in [-0.2, 0) is 15.6 Å². The Kier molecular flexibility index (Phi) is 7.42. The molecule has 0 saturated heterocycles. The molecule has 112 valence electrons. The fourth-order valence-corrected chi connectivity index (χ4v) is 4.47. The van der Waals surface area contributed by atoms with E-state index in [2.05, 4.69) is 28.9 Å². The second-order valence-electron chi connectivity index (χ2n) is 6.49. The molecule has 0 nitrogen and oxygen atoms in total. The molecule has 3 unspecified atom stereocenters. The summed E-state index contributed by atoms with van der Waals surface area (Å²) in [7, 11) is 0. The Morgan fingerprint density at radius 1 is 1.21 bits per heavy atom. The molecule has 2 saturated carbocycles. The van der Waals surface area contributed by atoms with Gasteiger partial charge in [-0.15, -0.1) is 5.92 Å². The molecule has 0 aliphatic heterocycles. The number of hydrogen-bond acceptors (Lipinski definition) is 0. The summed E-state index contributed by atoms with van der Waals surface area (Å²) in [6.07, 6.45) is 17.3. The Labute approximate surface area is 140 Å². The Balaban J connectivity index is 0.000000637. The summed E-state index contributed by atoms with van der Waals surface area (Å²) in [6, 6.07) is 0. The van der Waals surface area contributed by atoms with Crippen LogP contribution in [0.2, 0.25) is 0 Å². The molecule has 3 aliphatic carbocycles. The fourth-order valence-electron chi connectivity index (χ4n) is 4.47. The predicted molar refractivity (Wildman–Crippen MR) is 87.7 cm³/mol. The van der Waals surface area contributed by atoms with Crippen LogP contribution in [0.5, 0.6) is 0 Å². The van der Waals surface area contributed by atoms with Gasteiger partial charge in [0.15, 0.2) is 0 Å². The van der Waals surface area contributed by atoms with Gasteiger partial charge in [0, 0.05) is 0 Å². The van der Waals surface area contributed by atoms with Gasteiger partial charge in [0.25, 0.3) is 0 Å². The zero-order valence-corrected chi connectivity index (χ0v) is 15.8. The molecule has 0 amide bonds. The third-order valence-corrected chi connectivity index (χ3v) is 5.36. The van der Waals surface area contributed by atoms with Gasteiger partial charge in [-0.3, -0.25) is 0 Å². The van der Waals surface area contributed by atoms with Crippen LogP contribution in [0.4, 0.5) is 0 Å². The van der Waals surface area contributed by atoms with E-state index in [0.29, 0.717) is 0 Å². The molecule has 0 spiro atoms. The van der Waals surface area contributed by atoms with Crippen LogP contribution < -0.4 is 0 Å². The van der Waals surface area contributed by atoms with Crippen molar-refractivity contribution in [2.24, 2.45) is 17.8 Å². The fraction of sp³-hybridized carbons (Fsp3) is 0.824. The minimum atomic E-state index is 0.918. The molecule has 2 fully saturated rings. The Morgan fingerprint density at radius 3 is 2.63 bits per heavy atom. The first-order valence-corrected chi connectivity index (χ1v) is 12.7. The summed E-state index contributed by atoms with van der Waals surface area (Å²) < 4.78 is 0.